The highest BCUT2D eigenvalue weighted by atomic mass is 19.4. The minimum Gasteiger partial charge on any atom is -0.477 e. The van der Waals surface area contributed by atoms with Gasteiger partial charge in [0, 0.05) is 6.54 Å². The minimum absolute atomic E-state index is 0.0857. The largest absolute Gasteiger partial charge is 0.477 e. The van der Waals surface area contributed by atoms with E-state index in [1.165, 1.54) is 0 Å². The maximum atomic E-state index is 13.3. The van der Waals surface area contributed by atoms with Gasteiger partial charge in [-0.15, -0.1) is 0 Å². The van der Waals surface area contributed by atoms with Gasteiger partial charge in [0.15, 0.2) is 0 Å². The summed E-state index contributed by atoms with van der Waals surface area (Å²) in [4.78, 5) is 21.3. The number of carbonyl (C=O) groups is 2. The molecule has 0 saturated carbocycles. The number of likely N-dealkylation sites (tertiary alicyclic amines) is 1. The van der Waals surface area contributed by atoms with Crippen LogP contribution in [0.2, 0.25) is 0 Å². The third-order valence-electron chi connectivity index (χ3n) is 2.71. The van der Waals surface area contributed by atoms with Gasteiger partial charge in [0.2, 0.25) is 0 Å². The Labute approximate surface area is 98.4 Å². The number of amides is 1. The Morgan fingerprint density at radius 2 is 1.67 bits per heavy atom. The number of alkyl halides is 5. The van der Waals surface area contributed by atoms with Crippen LogP contribution in [0.25, 0.3) is 0 Å². The zero-order valence-electron chi connectivity index (χ0n) is 9.01. The molecule has 9 heteroatoms. The number of carboxylic acid groups (broad SMARTS) is 1. The first-order valence-corrected chi connectivity index (χ1v) is 5.07. The van der Waals surface area contributed by atoms with Gasteiger partial charge in [0.25, 0.3) is 0 Å². The van der Waals surface area contributed by atoms with Crippen molar-refractivity contribution in [2.45, 2.75) is 37.4 Å². The summed E-state index contributed by atoms with van der Waals surface area (Å²) in [6.07, 6.45) is -5.48. The normalized spacial score (nSPS) is 21.8. The molecule has 0 aliphatic carbocycles. The first-order valence-electron chi connectivity index (χ1n) is 5.07. The highest BCUT2D eigenvalue weighted by Gasteiger charge is 2.55. The second kappa shape index (κ2) is 4.69. The van der Waals surface area contributed by atoms with Crippen molar-refractivity contribution in [3.05, 3.63) is 0 Å². The van der Waals surface area contributed by atoms with E-state index in [0.29, 0.717) is 0 Å². The number of halogens is 5. The lowest BCUT2D eigenvalue weighted by atomic mass is 9.96. The third-order valence-corrected chi connectivity index (χ3v) is 2.71. The van der Waals surface area contributed by atoms with Crippen LogP contribution < -0.4 is 0 Å². The average molecular weight is 275 g/mol. The fraction of sp³-hybridized carbons (Fsp3) is 0.778. The number of carbonyl (C=O) groups excluding carboxylic acids is 1. The van der Waals surface area contributed by atoms with Crippen molar-refractivity contribution in [2.24, 2.45) is 0 Å². The zero-order valence-corrected chi connectivity index (χ0v) is 9.01. The predicted molar refractivity (Wildman–Crippen MR) is 48.0 cm³/mol. The van der Waals surface area contributed by atoms with Gasteiger partial charge in [-0.3, -0.25) is 4.79 Å². The summed E-state index contributed by atoms with van der Waals surface area (Å²) < 4.78 is 63.2. The molecule has 1 aliphatic heterocycles. The summed E-state index contributed by atoms with van der Waals surface area (Å²) in [7, 11) is 0. The minimum atomic E-state index is -5.29. The summed E-state index contributed by atoms with van der Waals surface area (Å²) in [6.45, 7) is -0.522. The monoisotopic (exact) mass is 275 g/mol. The van der Waals surface area contributed by atoms with Crippen LogP contribution in [-0.4, -0.2) is 46.6 Å². The van der Waals surface area contributed by atoms with Crippen molar-refractivity contribution in [3.63, 3.8) is 0 Å². The number of nitrogens with zero attached hydrogens (tertiary/aromatic N) is 1. The summed E-state index contributed by atoms with van der Waals surface area (Å²) in [5.74, 6) is -9.34. The Balaban J connectivity index is 3.01. The highest BCUT2D eigenvalue weighted by Crippen LogP contribution is 2.33. The van der Waals surface area contributed by atoms with Gasteiger partial charge in [-0.2, -0.15) is 22.0 Å². The number of hydrogen-bond acceptors (Lipinski definition) is 2. The molecule has 1 fully saturated rings. The van der Waals surface area contributed by atoms with Crippen molar-refractivity contribution >= 4 is 11.9 Å². The summed E-state index contributed by atoms with van der Waals surface area (Å²) >= 11 is 0. The number of rotatable bonds is 2. The first kappa shape index (κ1) is 14.7. The maximum Gasteiger partial charge on any atom is 0.471 e. The quantitative estimate of drug-likeness (QED) is 0.779. The second-order valence-corrected chi connectivity index (χ2v) is 3.94. The van der Waals surface area contributed by atoms with E-state index in [-0.39, 0.29) is 17.7 Å². The fourth-order valence-electron chi connectivity index (χ4n) is 1.86. The molecule has 1 saturated heterocycles. The van der Waals surface area contributed by atoms with Crippen LogP contribution in [0.5, 0.6) is 0 Å². The zero-order chi connectivity index (χ0) is 14.1. The third kappa shape index (κ3) is 2.70. The van der Waals surface area contributed by atoms with E-state index in [1.807, 2.05) is 0 Å². The van der Waals surface area contributed by atoms with Crippen LogP contribution in [0.1, 0.15) is 19.3 Å². The molecule has 104 valence electrons. The molecule has 1 aliphatic rings. The van der Waals surface area contributed by atoms with Crippen molar-refractivity contribution in [1.29, 1.82) is 0 Å². The molecule has 0 aromatic rings. The molecule has 1 amide bonds. The van der Waals surface area contributed by atoms with E-state index in [1.54, 1.807) is 0 Å². The summed E-state index contributed by atoms with van der Waals surface area (Å²) in [5, 5.41) is 8.33. The second-order valence-electron chi connectivity index (χ2n) is 3.94. The van der Waals surface area contributed by atoms with Gasteiger partial charge >= 0.3 is 24.0 Å². The van der Waals surface area contributed by atoms with Crippen molar-refractivity contribution in [2.75, 3.05) is 6.54 Å². The van der Waals surface area contributed by atoms with Gasteiger partial charge < -0.3 is 10.0 Å². The van der Waals surface area contributed by atoms with Crippen molar-refractivity contribution in [1.82, 2.24) is 4.90 Å². The molecule has 1 heterocycles. The summed E-state index contributed by atoms with van der Waals surface area (Å²) in [6, 6.07) is -2.25. The average Bonchev–Trinajstić information content (AvgIpc) is 2.26. The van der Waals surface area contributed by atoms with Crippen LogP contribution in [0.4, 0.5) is 22.0 Å². The molecule has 0 spiro atoms. The van der Waals surface area contributed by atoms with Crippen molar-refractivity contribution in [3.8, 4) is 0 Å². The highest BCUT2D eigenvalue weighted by molar-refractivity contribution is 5.84. The topological polar surface area (TPSA) is 57.6 Å². The maximum absolute atomic E-state index is 13.3. The first-order chi connectivity index (χ1) is 8.08. The Morgan fingerprint density at radius 1 is 1.11 bits per heavy atom. The van der Waals surface area contributed by atoms with Crippen molar-refractivity contribution < 1.29 is 36.6 Å². The lowest BCUT2D eigenvalue weighted by molar-refractivity contribution is -0.202. The number of piperidine rings is 1. The van der Waals surface area contributed by atoms with Gasteiger partial charge in [-0.1, -0.05) is 0 Å². The Morgan fingerprint density at radius 3 is 2.11 bits per heavy atom. The van der Waals surface area contributed by atoms with Crippen LogP contribution in [-0.2, 0) is 9.59 Å². The van der Waals surface area contributed by atoms with E-state index >= 15 is 0 Å². The fourth-order valence-corrected chi connectivity index (χ4v) is 1.86. The van der Waals surface area contributed by atoms with E-state index in [2.05, 4.69) is 0 Å². The van der Waals surface area contributed by atoms with E-state index in [4.69, 9.17) is 5.11 Å². The molecule has 1 rings (SSSR count). The lowest BCUT2D eigenvalue weighted by Crippen LogP contribution is -2.58. The Kier molecular flexibility index (Phi) is 3.82. The predicted octanol–water partition coefficient (Wildman–Crippen LogP) is 1.65. The molecule has 0 radical (unpaired) electrons. The van der Waals surface area contributed by atoms with Crippen LogP contribution in [0.15, 0.2) is 0 Å². The SMILES string of the molecule is O=C(N1CCCCC1C(F)(F)C(=O)O)C(F)(F)F. The molecular weight excluding hydrogens is 265 g/mol. The van der Waals surface area contributed by atoms with Gasteiger partial charge in [-0.25, -0.2) is 4.79 Å². The Hall–Kier alpha value is -1.41. The van der Waals surface area contributed by atoms with Crippen LogP contribution in [0, 0.1) is 0 Å². The lowest BCUT2D eigenvalue weighted by Gasteiger charge is -2.38. The standard InChI is InChI=1S/C9H10F5NO3/c10-8(11,7(17)18)5-3-1-2-4-15(5)6(16)9(12,13)14/h5H,1-4H2,(H,17,18). The number of hydrogen-bond donors (Lipinski definition) is 1. The molecular formula is C9H10F5NO3. The molecule has 0 aromatic carbocycles. The molecule has 1 unspecified atom stereocenters. The van der Waals surface area contributed by atoms with Gasteiger partial charge in [-0.05, 0) is 19.3 Å². The molecule has 1 atom stereocenters. The molecule has 1 N–H and O–H groups in total. The summed E-state index contributed by atoms with van der Waals surface area (Å²) in [5.41, 5.74) is 0. The van der Waals surface area contributed by atoms with E-state index in [9.17, 15) is 31.5 Å². The van der Waals surface area contributed by atoms with E-state index < -0.39 is 43.0 Å². The smallest absolute Gasteiger partial charge is 0.471 e. The molecule has 0 aromatic heterocycles. The number of aliphatic carboxylic acids is 1. The van der Waals surface area contributed by atoms with Gasteiger partial charge in [0.1, 0.15) is 6.04 Å². The van der Waals surface area contributed by atoms with Crippen LogP contribution in [0.3, 0.4) is 0 Å². The van der Waals surface area contributed by atoms with Gasteiger partial charge in [0.05, 0.1) is 0 Å². The molecule has 4 nitrogen and oxygen atoms in total. The number of carboxylic acids is 1. The molecule has 18 heavy (non-hydrogen) atoms. The Bertz CT molecular complexity index is 355. The molecule has 0 bridgehead atoms. The van der Waals surface area contributed by atoms with E-state index in [0.717, 1.165) is 0 Å². The van der Waals surface area contributed by atoms with Crippen LogP contribution >= 0.6 is 0 Å².